The monoisotopic (exact) mass is 407 g/mol. The summed E-state index contributed by atoms with van der Waals surface area (Å²) in [6.07, 6.45) is 6.42. The van der Waals surface area contributed by atoms with E-state index in [1.54, 1.807) is 18.2 Å². The van der Waals surface area contributed by atoms with Crippen LogP contribution in [0.1, 0.15) is 83.0 Å². The summed E-state index contributed by atoms with van der Waals surface area (Å²) in [4.78, 5) is 25.2. The summed E-state index contributed by atoms with van der Waals surface area (Å²) in [7, 11) is 1.33. The first-order valence-corrected chi connectivity index (χ1v) is 10.7. The maximum absolute atomic E-state index is 13.0. The predicted octanol–water partition coefficient (Wildman–Crippen LogP) is 5.36. The molecule has 1 rings (SSSR count). The van der Waals surface area contributed by atoms with Gasteiger partial charge in [-0.2, -0.15) is 0 Å². The quantitative estimate of drug-likeness (QED) is 0.332. The molecule has 1 unspecified atom stereocenters. The normalized spacial score (nSPS) is 12.9. The fourth-order valence-electron chi connectivity index (χ4n) is 2.88. The van der Waals surface area contributed by atoms with Crippen LogP contribution in [-0.4, -0.2) is 37.8 Å². The van der Waals surface area contributed by atoms with Crippen molar-refractivity contribution in [2.24, 2.45) is 0 Å². The maximum Gasteiger partial charge on any atom is 0.341 e. The number of ether oxygens (including phenoxy) is 3. The van der Waals surface area contributed by atoms with E-state index in [0.717, 1.165) is 38.5 Å². The summed E-state index contributed by atoms with van der Waals surface area (Å²) < 4.78 is 16.5. The van der Waals surface area contributed by atoms with E-state index in [-0.39, 0.29) is 5.91 Å². The Morgan fingerprint density at radius 3 is 2.34 bits per heavy atom. The molecule has 1 aromatic carbocycles. The van der Waals surface area contributed by atoms with Crippen LogP contribution in [0.25, 0.3) is 0 Å². The van der Waals surface area contributed by atoms with Gasteiger partial charge >= 0.3 is 5.97 Å². The SMILES string of the molecule is CCCCCC(C)(OCCC)C(=O)Nc1ccc(OCCCC)c(C(=O)OC)c1. The van der Waals surface area contributed by atoms with E-state index in [0.29, 0.717) is 36.6 Å². The van der Waals surface area contributed by atoms with Crippen LogP contribution in [0.4, 0.5) is 5.69 Å². The van der Waals surface area contributed by atoms with Crippen LogP contribution < -0.4 is 10.1 Å². The first-order valence-electron chi connectivity index (χ1n) is 10.7. The van der Waals surface area contributed by atoms with Crippen molar-refractivity contribution in [1.29, 1.82) is 0 Å². The molecule has 0 spiro atoms. The molecule has 0 heterocycles. The molecule has 1 N–H and O–H groups in total. The predicted molar refractivity (Wildman–Crippen MR) is 116 cm³/mol. The number of amides is 1. The number of benzene rings is 1. The van der Waals surface area contributed by atoms with Crippen molar-refractivity contribution in [1.82, 2.24) is 0 Å². The number of esters is 1. The smallest absolute Gasteiger partial charge is 0.341 e. The van der Waals surface area contributed by atoms with Crippen LogP contribution >= 0.6 is 0 Å². The second-order valence-electron chi connectivity index (χ2n) is 7.40. The van der Waals surface area contributed by atoms with Gasteiger partial charge in [0.15, 0.2) is 0 Å². The minimum Gasteiger partial charge on any atom is -0.493 e. The van der Waals surface area contributed by atoms with Crippen LogP contribution in [0.3, 0.4) is 0 Å². The molecule has 29 heavy (non-hydrogen) atoms. The molecular formula is C23H37NO5. The van der Waals surface area contributed by atoms with Gasteiger partial charge in [0.25, 0.3) is 5.91 Å². The van der Waals surface area contributed by atoms with E-state index in [9.17, 15) is 9.59 Å². The zero-order chi connectivity index (χ0) is 21.7. The number of methoxy groups -OCH3 is 1. The molecule has 1 aromatic rings. The van der Waals surface area contributed by atoms with Crippen LogP contribution in [0, 0.1) is 0 Å². The van der Waals surface area contributed by atoms with Gasteiger partial charge in [0.2, 0.25) is 0 Å². The van der Waals surface area contributed by atoms with Crippen molar-refractivity contribution in [2.75, 3.05) is 25.6 Å². The molecule has 164 valence electrons. The Morgan fingerprint density at radius 2 is 1.72 bits per heavy atom. The average molecular weight is 408 g/mol. The molecule has 0 bridgehead atoms. The molecule has 6 heteroatoms. The molecule has 1 atom stereocenters. The molecule has 0 saturated carbocycles. The lowest BCUT2D eigenvalue weighted by Gasteiger charge is -2.29. The number of nitrogens with one attached hydrogen (secondary N) is 1. The highest BCUT2D eigenvalue weighted by molar-refractivity contribution is 5.99. The molecule has 0 radical (unpaired) electrons. The third-order valence-electron chi connectivity index (χ3n) is 4.76. The summed E-state index contributed by atoms with van der Waals surface area (Å²) >= 11 is 0. The first kappa shape index (κ1) is 25.0. The second-order valence-corrected chi connectivity index (χ2v) is 7.40. The van der Waals surface area contributed by atoms with Gasteiger partial charge in [-0.25, -0.2) is 4.79 Å². The van der Waals surface area contributed by atoms with Gasteiger partial charge in [0.05, 0.1) is 13.7 Å². The number of hydrogen-bond donors (Lipinski definition) is 1. The third-order valence-corrected chi connectivity index (χ3v) is 4.76. The molecule has 6 nitrogen and oxygen atoms in total. The summed E-state index contributed by atoms with van der Waals surface area (Å²) in [6.45, 7) is 9.09. The molecule has 0 aromatic heterocycles. The van der Waals surface area contributed by atoms with Gasteiger partial charge in [-0.15, -0.1) is 0 Å². The minimum absolute atomic E-state index is 0.211. The van der Waals surface area contributed by atoms with Crippen molar-refractivity contribution in [3.63, 3.8) is 0 Å². The van der Waals surface area contributed by atoms with Crippen LogP contribution in [0.2, 0.25) is 0 Å². The molecule has 0 aliphatic carbocycles. The fraction of sp³-hybridized carbons (Fsp3) is 0.652. The summed E-state index contributed by atoms with van der Waals surface area (Å²) in [6, 6.07) is 5.02. The number of rotatable bonds is 14. The van der Waals surface area contributed by atoms with E-state index >= 15 is 0 Å². The Morgan fingerprint density at radius 1 is 1.00 bits per heavy atom. The maximum atomic E-state index is 13.0. The first-order chi connectivity index (χ1) is 13.9. The van der Waals surface area contributed by atoms with Crippen LogP contribution in [0.15, 0.2) is 18.2 Å². The highest BCUT2D eigenvalue weighted by Gasteiger charge is 2.33. The highest BCUT2D eigenvalue weighted by atomic mass is 16.5. The van der Waals surface area contributed by atoms with E-state index < -0.39 is 11.6 Å². The summed E-state index contributed by atoms with van der Waals surface area (Å²) in [5.41, 5.74) is -0.101. The fourth-order valence-corrected chi connectivity index (χ4v) is 2.88. The van der Waals surface area contributed by atoms with Crippen molar-refractivity contribution in [3.8, 4) is 5.75 Å². The molecule has 0 aliphatic rings. The van der Waals surface area contributed by atoms with Gasteiger partial charge < -0.3 is 19.5 Å². The average Bonchev–Trinajstić information content (AvgIpc) is 2.72. The van der Waals surface area contributed by atoms with E-state index in [1.165, 1.54) is 7.11 Å². The number of anilines is 1. The van der Waals surface area contributed by atoms with E-state index in [1.807, 2.05) is 13.8 Å². The molecule has 0 saturated heterocycles. The Kier molecular flexibility index (Phi) is 11.4. The van der Waals surface area contributed by atoms with Gasteiger partial charge in [-0.3, -0.25) is 4.79 Å². The van der Waals surface area contributed by atoms with Crippen molar-refractivity contribution >= 4 is 17.6 Å². The molecule has 1 amide bonds. The Hall–Kier alpha value is -2.08. The zero-order valence-corrected chi connectivity index (χ0v) is 18.6. The number of carbonyl (C=O) groups is 2. The van der Waals surface area contributed by atoms with Crippen molar-refractivity contribution in [3.05, 3.63) is 23.8 Å². The second kappa shape index (κ2) is 13.2. The van der Waals surface area contributed by atoms with Gasteiger partial charge in [0.1, 0.15) is 16.9 Å². The molecular weight excluding hydrogens is 370 g/mol. The number of hydrogen-bond acceptors (Lipinski definition) is 5. The van der Waals surface area contributed by atoms with Crippen molar-refractivity contribution < 1.29 is 23.8 Å². The molecule has 0 fully saturated rings. The zero-order valence-electron chi connectivity index (χ0n) is 18.6. The Bertz CT molecular complexity index is 646. The third kappa shape index (κ3) is 8.05. The number of unbranched alkanes of at least 4 members (excludes halogenated alkanes) is 3. The summed E-state index contributed by atoms with van der Waals surface area (Å²) in [5.74, 6) is -0.255. The minimum atomic E-state index is -0.910. The standard InChI is InChI=1S/C23H37NO5/c1-6-9-11-14-23(4,29-15-8-3)22(26)24-18-12-13-20(28-16-10-7-2)19(17-18)21(25)27-5/h12-13,17H,6-11,14-16H2,1-5H3,(H,24,26). The van der Waals surface area contributed by atoms with Crippen LogP contribution in [-0.2, 0) is 14.3 Å². The van der Waals surface area contributed by atoms with Crippen molar-refractivity contribution in [2.45, 2.75) is 78.2 Å². The van der Waals surface area contributed by atoms with Gasteiger partial charge in [0, 0.05) is 12.3 Å². The Balaban J connectivity index is 2.99. The highest BCUT2D eigenvalue weighted by Crippen LogP contribution is 2.27. The largest absolute Gasteiger partial charge is 0.493 e. The van der Waals surface area contributed by atoms with E-state index in [4.69, 9.17) is 14.2 Å². The number of carbonyl (C=O) groups excluding carboxylic acids is 2. The lowest BCUT2D eigenvalue weighted by Crippen LogP contribution is -2.43. The van der Waals surface area contributed by atoms with Crippen LogP contribution in [0.5, 0.6) is 5.75 Å². The van der Waals surface area contributed by atoms with E-state index in [2.05, 4.69) is 19.2 Å². The topological polar surface area (TPSA) is 73.9 Å². The van der Waals surface area contributed by atoms with Gasteiger partial charge in [-0.05, 0) is 44.4 Å². The lowest BCUT2D eigenvalue weighted by molar-refractivity contribution is -0.140. The summed E-state index contributed by atoms with van der Waals surface area (Å²) in [5, 5.41) is 2.90. The Labute approximate surface area is 175 Å². The lowest BCUT2D eigenvalue weighted by atomic mass is 9.96. The van der Waals surface area contributed by atoms with Gasteiger partial charge in [-0.1, -0.05) is 46.5 Å². The molecule has 0 aliphatic heterocycles.